The van der Waals surface area contributed by atoms with Crippen LogP contribution in [0.25, 0.3) is 0 Å². The van der Waals surface area contributed by atoms with Crippen molar-refractivity contribution in [1.29, 1.82) is 0 Å². The average Bonchev–Trinajstić information content (AvgIpc) is 2.61. The number of hydrogen-bond donors (Lipinski definition) is 1. The summed E-state index contributed by atoms with van der Waals surface area (Å²) in [4.78, 5) is 2.67. The van der Waals surface area contributed by atoms with Gasteiger partial charge >= 0.3 is 0 Å². The standard InChI is InChI=1S/C16H22N2/c17-15-9-18(10-15)16-13-5-6-14(16)8-12-4-2-1-3-11(12)7-13/h1-4,13-16H,5-10,17H2. The van der Waals surface area contributed by atoms with Gasteiger partial charge in [0.1, 0.15) is 0 Å². The van der Waals surface area contributed by atoms with Gasteiger partial charge in [0.2, 0.25) is 0 Å². The molecular weight excluding hydrogens is 220 g/mol. The van der Waals surface area contributed by atoms with Crippen LogP contribution in [0.1, 0.15) is 24.0 Å². The van der Waals surface area contributed by atoms with Gasteiger partial charge < -0.3 is 5.73 Å². The van der Waals surface area contributed by atoms with Crippen LogP contribution < -0.4 is 5.73 Å². The lowest BCUT2D eigenvalue weighted by molar-refractivity contribution is 0.0500. The Morgan fingerprint density at radius 2 is 1.50 bits per heavy atom. The van der Waals surface area contributed by atoms with Gasteiger partial charge in [-0.3, -0.25) is 4.90 Å². The molecule has 4 rings (SSSR count). The molecule has 1 saturated heterocycles. The summed E-state index contributed by atoms with van der Waals surface area (Å²) in [5, 5.41) is 0. The first kappa shape index (κ1) is 11.0. The molecule has 0 aromatic heterocycles. The Labute approximate surface area is 109 Å². The molecule has 2 N–H and O–H groups in total. The van der Waals surface area contributed by atoms with E-state index in [0.717, 1.165) is 31.0 Å². The van der Waals surface area contributed by atoms with E-state index in [2.05, 4.69) is 29.2 Å². The van der Waals surface area contributed by atoms with E-state index in [-0.39, 0.29) is 0 Å². The minimum absolute atomic E-state index is 0.440. The van der Waals surface area contributed by atoms with E-state index < -0.39 is 0 Å². The normalized spacial score (nSPS) is 35.9. The van der Waals surface area contributed by atoms with Crippen molar-refractivity contribution in [2.75, 3.05) is 13.1 Å². The fourth-order valence-corrected chi connectivity index (χ4v) is 4.51. The Bertz CT molecular complexity index is 417. The summed E-state index contributed by atoms with van der Waals surface area (Å²) in [6, 6.07) is 10.3. The number of benzene rings is 1. The van der Waals surface area contributed by atoms with Gasteiger partial charge in [0, 0.05) is 25.2 Å². The predicted molar refractivity (Wildman–Crippen MR) is 73.4 cm³/mol. The first-order valence-corrected chi connectivity index (χ1v) is 7.37. The molecule has 0 spiro atoms. The van der Waals surface area contributed by atoms with Crippen LogP contribution >= 0.6 is 0 Å². The summed E-state index contributed by atoms with van der Waals surface area (Å²) in [5.74, 6) is 1.76. The first-order chi connectivity index (χ1) is 8.81. The van der Waals surface area contributed by atoms with Gasteiger partial charge in [0.15, 0.2) is 0 Å². The van der Waals surface area contributed by atoms with Crippen molar-refractivity contribution in [1.82, 2.24) is 4.90 Å². The smallest absolute Gasteiger partial charge is 0.0297 e. The highest BCUT2D eigenvalue weighted by Gasteiger charge is 2.44. The maximum absolute atomic E-state index is 5.97. The molecule has 1 aromatic carbocycles. The van der Waals surface area contributed by atoms with Crippen molar-refractivity contribution >= 4 is 0 Å². The molecular formula is C16H22N2. The molecule has 2 bridgehead atoms. The van der Waals surface area contributed by atoms with E-state index in [1.807, 2.05) is 0 Å². The van der Waals surface area contributed by atoms with Gasteiger partial charge in [-0.2, -0.15) is 0 Å². The van der Waals surface area contributed by atoms with Gasteiger partial charge in [-0.25, -0.2) is 0 Å². The molecule has 1 aliphatic heterocycles. The van der Waals surface area contributed by atoms with Gasteiger partial charge in [0.25, 0.3) is 0 Å². The van der Waals surface area contributed by atoms with Gasteiger partial charge in [-0.1, -0.05) is 24.3 Å². The zero-order chi connectivity index (χ0) is 12.1. The molecule has 1 saturated carbocycles. The van der Waals surface area contributed by atoms with Crippen LogP contribution in [0.3, 0.4) is 0 Å². The number of rotatable bonds is 1. The second-order valence-electron chi connectivity index (χ2n) is 6.48. The molecule has 0 amide bonds. The second-order valence-corrected chi connectivity index (χ2v) is 6.48. The zero-order valence-electron chi connectivity index (χ0n) is 10.9. The van der Waals surface area contributed by atoms with Crippen molar-refractivity contribution < 1.29 is 0 Å². The quantitative estimate of drug-likeness (QED) is 0.814. The van der Waals surface area contributed by atoms with E-state index in [1.54, 1.807) is 11.1 Å². The molecule has 2 aliphatic carbocycles. The van der Waals surface area contributed by atoms with Crippen molar-refractivity contribution in [2.45, 2.75) is 37.8 Å². The summed E-state index contributed by atoms with van der Waals surface area (Å²) in [6.07, 6.45) is 5.44. The third-order valence-electron chi connectivity index (χ3n) is 5.32. The first-order valence-electron chi connectivity index (χ1n) is 7.37. The second kappa shape index (κ2) is 4.07. The Balaban J connectivity index is 1.63. The average molecular weight is 242 g/mol. The van der Waals surface area contributed by atoms with E-state index in [4.69, 9.17) is 5.73 Å². The SMILES string of the molecule is NC1CN(C2C3CCC2Cc2ccccc2C3)C1. The number of nitrogens with two attached hydrogens (primary N) is 1. The van der Waals surface area contributed by atoms with Crippen LogP contribution in [0.2, 0.25) is 0 Å². The lowest BCUT2D eigenvalue weighted by Crippen LogP contribution is -2.61. The Morgan fingerprint density at radius 3 is 2.00 bits per heavy atom. The van der Waals surface area contributed by atoms with Crippen molar-refractivity contribution in [3.8, 4) is 0 Å². The highest BCUT2D eigenvalue weighted by atomic mass is 15.3. The van der Waals surface area contributed by atoms with E-state index in [1.165, 1.54) is 25.7 Å². The topological polar surface area (TPSA) is 29.3 Å². The van der Waals surface area contributed by atoms with Crippen LogP contribution in [-0.2, 0) is 12.8 Å². The van der Waals surface area contributed by atoms with Crippen LogP contribution in [0.5, 0.6) is 0 Å². The summed E-state index contributed by atoms with van der Waals surface area (Å²) in [5.41, 5.74) is 9.19. The maximum atomic E-state index is 5.97. The van der Waals surface area contributed by atoms with Crippen molar-refractivity contribution in [3.63, 3.8) is 0 Å². The lowest BCUT2D eigenvalue weighted by atomic mass is 9.90. The van der Waals surface area contributed by atoms with E-state index in [9.17, 15) is 0 Å². The summed E-state index contributed by atoms with van der Waals surface area (Å²) < 4.78 is 0. The number of nitrogens with zero attached hydrogens (tertiary/aromatic N) is 1. The third-order valence-corrected chi connectivity index (χ3v) is 5.32. The molecule has 3 aliphatic rings. The fourth-order valence-electron chi connectivity index (χ4n) is 4.51. The van der Waals surface area contributed by atoms with Crippen LogP contribution in [-0.4, -0.2) is 30.1 Å². The summed E-state index contributed by atoms with van der Waals surface area (Å²) in [7, 11) is 0. The molecule has 96 valence electrons. The fraction of sp³-hybridized carbons (Fsp3) is 0.625. The molecule has 2 heteroatoms. The van der Waals surface area contributed by atoms with Crippen molar-refractivity contribution in [3.05, 3.63) is 35.4 Å². The third kappa shape index (κ3) is 1.63. The maximum Gasteiger partial charge on any atom is 0.0297 e. The molecule has 2 fully saturated rings. The molecule has 1 heterocycles. The molecule has 0 radical (unpaired) electrons. The van der Waals surface area contributed by atoms with E-state index >= 15 is 0 Å². The van der Waals surface area contributed by atoms with Crippen LogP contribution in [0, 0.1) is 11.8 Å². The molecule has 2 unspecified atom stereocenters. The monoisotopic (exact) mass is 242 g/mol. The lowest BCUT2D eigenvalue weighted by Gasteiger charge is -2.45. The highest BCUT2D eigenvalue weighted by Crippen LogP contribution is 2.43. The Morgan fingerprint density at radius 1 is 0.944 bits per heavy atom. The predicted octanol–water partition coefficient (Wildman–Crippen LogP) is 1.82. The highest BCUT2D eigenvalue weighted by molar-refractivity contribution is 5.31. The Hall–Kier alpha value is -0.860. The molecule has 2 atom stereocenters. The van der Waals surface area contributed by atoms with Gasteiger partial charge in [-0.15, -0.1) is 0 Å². The van der Waals surface area contributed by atoms with Crippen molar-refractivity contribution in [2.24, 2.45) is 17.6 Å². The summed E-state index contributed by atoms with van der Waals surface area (Å²) in [6.45, 7) is 2.27. The van der Waals surface area contributed by atoms with E-state index in [0.29, 0.717) is 6.04 Å². The Kier molecular flexibility index (Phi) is 2.49. The largest absolute Gasteiger partial charge is 0.325 e. The number of fused-ring (bicyclic) bond motifs is 3. The molecule has 18 heavy (non-hydrogen) atoms. The molecule has 2 nitrogen and oxygen atoms in total. The number of likely N-dealkylation sites (tertiary alicyclic amines) is 1. The molecule has 1 aromatic rings. The minimum atomic E-state index is 0.440. The van der Waals surface area contributed by atoms with Gasteiger partial charge in [-0.05, 0) is 48.6 Å². The summed E-state index contributed by atoms with van der Waals surface area (Å²) >= 11 is 0. The van der Waals surface area contributed by atoms with Gasteiger partial charge in [0.05, 0.1) is 0 Å². The van der Waals surface area contributed by atoms with Crippen LogP contribution in [0.15, 0.2) is 24.3 Å². The van der Waals surface area contributed by atoms with Crippen LogP contribution in [0.4, 0.5) is 0 Å². The minimum Gasteiger partial charge on any atom is -0.325 e. The number of hydrogen-bond acceptors (Lipinski definition) is 2. The zero-order valence-corrected chi connectivity index (χ0v) is 10.9.